The third-order valence-electron chi connectivity index (χ3n) is 4.12. The first-order valence-corrected chi connectivity index (χ1v) is 10.3. The summed E-state index contributed by atoms with van der Waals surface area (Å²) >= 11 is 1.17. The van der Waals surface area contributed by atoms with Crippen molar-refractivity contribution < 1.29 is 17.9 Å². The predicted molar refractivity (Wildman–Crippen MR) is 97.7 cm³/mol. The Kier molecular flexibility index (Phi) is 5.41. The van der Waals surface area contributed by atoms with Gasteiger partial charge in [-0.05, 0) is 48.6 Å². The number of nitrogens with zero attached hydrogens (tertiary/aromatic N) is 1. The molecular weight excluding hydrogens is 360 g/mol. The summed E-state index contributed by atoms with van der Waals surface area (Å²) in [4.78, 5) is 12.2. The fraction of sp³-hybridized carbons (Fsp3) is 0.353. The van der Waals surface area contributed by atoms with Gasteiger partial charge in [0.1, 0.15) is 4.21 Å². The number of amides is 1. The van der Waals surface area contributed by atoms with Gasteiger partial charge in [-0.3, -0.25) is 9.10 Å². The Morgan fingerprint density at radius 3 is 2.68 bits per heavy atom. The molecule has 1 unspecified atom stereocenters. The molecule has 8 heteroatoms. The first-order chi connectivity index (χ1) is 12.0. The van der Waals surface area contributed by atoms with E-state index in [1.807, 2.05) is 0 Å². The number of rotatable bonds is 6. The summed E-state index contributed by atoms with van der Waals surface area (Å²) in [5.74, 6) is -0.189. The summed E-state index contributed by atoms with van der Waals surface area (Å²) in [6.45, 7) is 1.24. The van der Waals surface area contributed by atoms with Crippen LogP contribution in [0.4, 0.5) is 5.69 Å². The second-order valence-electron chi connectivity index (χ2n) is 5.80. The van der Waals surface area contributed by atoms with E-state index in [1.54, 1.807) is 41.8 Å². The molecule has 0 bridgehead atoms. The van der Waals surface area contributed by atoms with Crippen molar-refractivity contribution >= 4 is 33.0 Å². The molecule has 0 saturated carbocycles. The van der Waals surface area contributed by atoms with Crippen LogP contribution in [0, 0.1) is 0 Å². The summed E-state index contributed by atoms with van der Waals surface area (Å²) in [7, 11) is -2.07. The van der Waals surface area contributed by atoms with Crippen molar-refractivity contribution in [3.8, 4) is 0 Å². The van der Waals surface area contributed by atoms with Crippen molar-refractivity contribution in [2.24, 2.45) is 0 Å². The molecule has 1 N–H and O–H groups in total. The van der Waals surface area contributed by atoms with Gasteiger partial charge in [-0.15, -0.1) is 11.3 Å². The van der Waals surface area contributed by atoms with Crippen molar-refractivity contribution in [3.05, 3.63) is 47.3 Å². The van der Waals surface area contributed by atoms with Crippen LogP contribution in [0.25, 0.3) is 0 Å². The van der Waals surface area contributed by atoms with Crippen LogP contribution in [0.15, 0.2) is 46.0 Å². The standard InChI is InChI=1S/C17H20N2O4S2/c1-19(25(21,22)16-5-3-11-24-16)14-8-6-13(7-9-14)17(20)18-12-15-4-2-10-23-15/h3,5-9,11,15H,2,4,10,12H2,1H3,(H,18,20). The number of thiophene rings is 1. The molecule has 1 aliphatic heterocycles. The van der Waals surface area contributed by atoms with Crippen molar-refractivity contribution in [3.63, 3.8) is 0 Å². The number of carbonyl (C=O) groups is 1. The molecule has 1 aromatic heterocycles. The molecule has 2 aromatic rings. The maximum atomic E-state index is 12.5. The van der Waals surface area contributed by atoms with Crippen molar-refractivity contribution in [1.29, 1.82) is 0 Å². The largest absolute Gasteiger partial charge is 0.376 e. The third kappa shape index (κ3) is 4.02. The van der Waals surface area contributed by atoms with Gasteiger partial charge < -0.3 is 10.1 Å². The highest BCUT2D eigenvalue weighted by molar-refractivity contribution is 7.94. The summed E-state index contributed by atoms with van der Waals surface area (Å²) in [5.41, 5.74) is 0.993. The molecule has 2 heterocycles. The van der Waals surface area contributed by atoms with Crippen LogP contribution in [0.2, 0.25) is 0 Å². The summed E-state index contributed by atoms with van der Waals surface area (Å²) in [6.07, 6.45) is 2.08. The maximum absolute atomic E-state index is 12.5. The van der Waals surface area contributed by atoms with E-state index in [-0.39, 0.29) is 16.2 Å². The van der Waals surface area contributed by atoms with Gasteiger partial charge in [0.05, 0.1) is 11.8 Å². The van der Waals surface area contributed by atoms with Gasteiger partial charge in [0.15, 0.2) is 0 Å². The molecule has 3 rings (SSSR count). The van der Waals surface area contributed by atoms with E-state index in [0.29, 0.717) is 17.8 Å². The van der Waals surface area contributed by atoms with E-state index in [0.717, 1.165) is 19.4 Å². The van der Waals surface area contributed by atoms with Gasteiger partial charge in [0, 0.05) is 25.8 Å². The van der Waals surface area contributed by atoms with Gasteiger partial charge in [-0.25, -0.2) is 8.42 Å². The van der Waals surface area contributed by atoms with E-state index in [4.69, 9.17) is 4.74 Å². The summed E-state index contributed by atoms with van der Waals surface area (Å²) < 4.78 is 32.0. The minimum Gasteiger partial charge on any atom is -0.376 e. The molecule has 1 saturated heterocycles. The average molecular weight is 380 g/mol. The molecule has 25 heavy (non-hydrogen) atoms. The SMILES string of the molecule is CN(c1ccc(C(=O)NCC2CCCO2)cc1)S(=O)(=O)c1cccs1. The highest BCUT2D eigenvalue weighted by atomic mass is 32.2. The monoisotopic (exact) mass is 380 g/mol. The molecule has 1 atom stereocenters. The topological polar surface area (TPSA) is 75.7 Å². The van der Waals surface area contributed by atoms with Crippen LogP contribution in [0.5, 0.6) is 0 Å². The maximum Gasteiger partial charge on any atom is 0.273 e. The fourth-order valence-corrected chi connectivity index (χ4v) is 4.98. The molecular formula is C17H20N2O4S2. The number of hydrogen-bond donors (Lipinski definition) is 1. The second kappa shape index (κ2) is 7.55. The first kappa shape index (κ1) is 17.9. The Morgan fingerprint density at radius 2 is 2.08 bits per heavy atom. The lowest BCUT2D eigenvalue weighted by Crippen LogP contribution is -2.31. The lowest BCUT2D eigenvalue weighted by atomic mass is 10.2. The molecule has 6 nitrogen and oxygen atoms in total. The second-order valence-corrected chi connectivity index (χ2v) is 8.94. The zero-order valence-corrected chi connectivity index (χ0v) is 15.5. The minimum atomic E-state index is -3.57. The van der Waals surface area contributed by atoms with Crippen LogP contribution in [0.1, 0.15) is 23.2 Å². The van der Waals surface area contributed by atoms with Crippen molar-refractivity contribution in [2.45, 2.75) is 23.2 Å². The quantitative estimate of drug-likeness (QED) is 0.835. The Morgan fingerprint density at radius 1 is 1.32 bits per heavy atom. The van der Waals surface area contributed by atoms with Crippen molar-refractivity contribution in [2.75, 3.05) is 24.5 Å². The Balaban J connectivity index is 1.66. The highest BCUT2D eigenvalue weighted by Crippen LogP contribution is 2.25. The van der Waals surface area contributed by atoms with Crippen LogP contribution < -0.4 is 9.62 Å². The molecule has 1 fully saturated rings. The van der Waals surface area contributed by atoms with E-state index >= 15 is 0 Å². The van der Waals surface area contributed by atoms with Crippen LogP contribution in [-0.2, 0) is 14.8 Å². The molecule has 1 amide bonds. The van der Waals surface area contributed by atoms with Gasteiger partial charge in [-0.2, -0.15) is 0 Å². The predicted octanol–water partition coefficient (Wildman–Crippen LogP) is 2.48. The Bertz CT molecular complexity index is 811. The van der Waals surface area contributed by atoms with Crippen molar-refractivity contribution in [1.82, 2.24) is 5.32 Å². The number of nitrogens with one attached hydrogen (secondary N) is 1. The number of ether oxygens (including phenoxy) is 1. The normalized spacial score (nSPS) is 17.4. The van der Waals surface area contributed by atoms with E-state index in [1.165, 1.54) is 22.7 Å². The van der Waals surface area contributed by atoms with Crippen LogP contribution in [-0.4, -0.2) is 40.6 Å². The van der Waals surface area contributed by atoms with E-state index in [2.05, 4.69) is 5.32 Å². The number of hydrogen-bond acceptors (Lipinski definition) is 5. The smallest absolute Gasteiger partial charge is 0.273 e. The Labute approximate surface area is 151 Å². The molecule has 0 aliphatic carbocycles. The molecule has 134 valence electrons. The zero-order valence-electron chi connectivity index (χ0n) is 13.8. The zero-order chi connectivity index (χ0) is 17.9. The molecule has 0 spiro atoms. The van der Waals surface area contributed by atoms with E-state index in [9.17, 15) is 13.2 Å². The summed E-state index contributed by atoms with van der Waals surface area (Å²) in [5, 5.41) is 4.57. The number of sulfonamides is 1. The molecule has 1 aliphatic rings. The summed E-state index contributed by atoms with van der Waals surface area (Å²) in [6, 6.07) is 9.79. The van der Waals surface area contributed by atoms with Gasteiger partial charge >= 0.3 is 0 Å². The van der Waals surface area contributed by atoms with Gasteiger partial charge in [-0.1, -0.05) is 6.07 Å². The number of anilines is 1. The molecule has 1 aromatic carbocycles. The number of carbonyl (C=O) groups excluding carboxylic acids is 1. The van der Waals surface area contributed by atoms with Crippen LogP contribution in [0.3, 0.4) is 0 Å². The lowest BCUT2D eigenvalue weighted by Gasteiger charge is -2.18. The average Bonchev–Trinajstić information content (AvgIpc) is 3.32. The highest BCUT2D eigenvalue weighted by Gasteiger charge is 2.22. The molecule has 0 radical (unpaired) electrons. The van der Waals surface area contributed by atoms with Gasteiger partial charge in [0.25, 0.3) is 15.9 Å². The fourth-order valence-electron chi connectivity index (χ4n) is 2.62. The van der Waals surface area contributed by atoms with E-state index < -0.39 is 10.0 Å². The third-order valence-corrected chi connectivity index (χ3v) is 7.28. The Hall–Kier alpha value is -1.90. The van der Waals surface area contributed by atoms with Crippen LogP contribution >= 0.6 is 11.3 Å². The van der Waals surface area contributed by atoms with Gasteiger partial charge in [0.2, 0.25) is 0 Å². The first-order valence-electron chi connectivity index (χ1n) is 8.01. The number of benzene rings is 1. The lowest BCUT2D eigenvalue weighted by molar-refractivity contribution is 0.0858. The minimum absolute atomic E-state index is 0.0882.